The van der Waals surface area contributed by atoms with Gasteiger partial charge in [0.15, 0.2) is 0 Å². The Morgan fingerprint density at radius 3 is 2.72 bits per heavy atom. The van der Waals surface area contributed by atoms with E-state index >= 15 is 0 Å². The minimum Gasteiger partial charge on any atom is -0.358 e. The van der Waals surface area contributed by atoms with Crippen LogP contribution in [0.3, 0.4) is 0 Å². The van der Waals surface area contributed by atoms with Gasteiger partial charge in [-0.15, -0.1) is 0 Å². The standard InChI is InChI=1S/C16H24N2/c1-11(2)17-9-5-6-14-13(4)18-16-8-7-12(3)10-15(14)16/h7-8,10-11,17-18H,5-6,9H2,1-4H3. The Bertz CT molecular complexity index is 523. The molecule has 1 aromatic carbocycles. The van der Waals surface area contributed by atoms with E-state index in [1.807, 2.05) is 0 Å². The first-order chi connectivity index (χ1) is 8.58. The average Bonchev–Trinajstić information content (AvgIpc) is 2.60. The third-order valence-corrected chi connectivity index (χ3v) is 3.43. The highest BCUT2D eigenvalue weighted by molar-refractivity contribution is 5.85. The Morgan fingerprint density at radius 1 is 1.22 bits per heavy atom. The topological polar surface area (TPSA) is 27.8 Å². The van der Waals surface area contributed by atoms with Crippen molar-refractivity contribution in [3.8, 4) is 0 Å². The molecule has 0 bridgehead atoms. The van der Waals surface area contributed by atoms with E-state index in [-0.39, 0.29) is 0 Å². The van der Waals surface area contributed by atoms with Gasteiger partial charge in [0.1, 0.15) is 0 Å². The number of nitrogens with one attached hydrogen (secondary N) is 2. The summed E-state index contributed by atoms with van der Waals surface area (Å²) >= 11 is 0. The van der Waals surface area contributed by atoms with Gasteiger partial charge in [-0.05, 0) is 50.9 Å². The number of hydrogen-bond acceptors (Lipinski definition) is 1. The molecule has 0 aliphatic heterocycles. The van der Waals surface area contributed by atoms with E-state index in [2.05, 4.69) is 56.2 Å². The molecule has 2 heteroatoms. The fourth-order valence-electron chi connectivity index (χ4n) is 2.47. The number of hydrogen-bond donors (Lipinski definition) is 2. The molecule has 0 atom stereocenters. The molecule has 0 radical (unpaired) electrons. The van der Waals surface area contributed by atoms with Gasteiger partial charge in [-0.1, -0.05) is 25.5 Å². The molecule has 2 aromatic rings. The van der Waals surface area contributed by atoms with Gasteiger partial charge in [-0.2, -0.15) is 0 Å². The van der Waals surface area contributed by atoms with Crippen molar-refractivity contribution < 1.29 is 0 Å². The highest BCUT2D eigenvalue weighted by atomic mass is 14.9. The Balaban J connectivity index is 2.12. The summed E-state index contributed by atoms with van der Waals surface area (Å²) in [5.41, 5.74) is 5.41. The summed E-state index contributed by atoms with van der Waals surface area (Å²) in [6, 6.07) is 7.23. The van der Waals surface area contributed by atoms with Crippen molar-refractivity contribution in [1.29, 1.82) is 0 Å². The Morgan fingerprint density at radius 2 is 2.00 bits per heavy atom. The summed E-state index contributed by atoms with van der Waals surface area (Å²) in [5, 5.41) is 4.88. The van der Waals surface area contributed by atoms with Crippen molar-refractivity contribution in [2.24, 2.45) is 0 Å². The highest BCUT2D eigenvalue weighted by Gasteiger charge is 2.08. The lowest BCUT2D eigenvalue weighted by atomic mass is 10.0. The lowest BCUT2D eigenvalue weighted by Crippen LogP contribution is -2.23. The minimum atomic E-state index is 0.580. The number of aryl methyl sites for hydroxylation is 3. The molecule has 18 heavy (non-hydrogen) atoms. The van der Waals surface area contributed by atoms with Crippen LogP contribution in [-0.4, -0.2) is 17.6 Å². The van der Waals surface area contributed by atoms with Crippen LogP contribution in [0.5, 0.6) is 0 Å². The summed E-state index contributed by atoms with van der Waals surface area (Å²) in [7, 11) is 0. The molecule has 0 aliphatic rings. The first kappa shape index (κ1) is 13.2. The van der Waals surface area contributed by atoms with Crippen LogP contribution in [0.15, 0.2) is 18.2 Å². The number of H-pyrrole nitrogens is 1. The van der Waals surface area contributed by atoms with E-state index in [4.69, 9.17) is 0 Å². The molecule has 0 saturated heterocycles. The van der Waals surface area contributed by atoms with Gasteiger partial charge in [0, 0.05) is 22.6 Å². The Labute approximate surface area is 110 Å². The predicted octanol–water partition coefficient (Wildman–Crippen LogP) is 3.72. The second-order valence-electron chi connectivity index (χ2n) is 5.49. The second kappa shape index (κ2) is 5.57. The van der Waals surface area contributed by atoms with Crippen LogP contribution >= 0.6 is 0 Å². The van der Waals surface area contributed by atoms with E-state index in [1.165, 1.54) is 34.1 Å². The maximum absolute atomic E-state index is 3.48. The lowest BCUT2D eigenvalue weighted by molar-refractivity contribution is 0.570. The molecule has 0 amide bonds. The van der Waals surface area contributed by atoms with Crippen LogP contribution in [0.4, 0.5) is 0 Å². The van der Waals surface area contributed by atoms with Crippen LogP contribution in [0, 0.1) is 13.8 Å². The molecule has 0 aliphatic carbocycles. The third kappa shape index (κ3) is 2.94. The Kier molecular flexibility index (Phi) is 4.07. The molecule has 0 saturated carbocycles. The van der Waals surface area contributed by atoms with Crippen molar-refractivity contribution >= 4 is 10.9 Å². The summed E-state index contributed by atoms with van der Waals surface area (Å²) < 4.78 is 0. The van der Waals surface area contributed by atoms with Crippen LogP contribution in [0.1, 0.15) is 37.1 Å². The SMILES string of the molecule is Cc1ccc2[nH]c(C)c(CCCNC(C)C)c2c1. The number of benzene rings is 1. The van der Waals surface area contributed by atoms with E-state index in [1.54, 1.807) is 0 Å². The quantitative estimate of drug-likeness (QED) is 0.771. The zero-order valence-corrected chi connectivity index (χ0v) is 11.9. The van der Waals surface area contributed by atoms with Crippen molar-refractivity contribution in [1.82, 2.24) is 10.3 Å². The van der Waals surface area contributed by atoms with Gasteiger partial charge < -0.3 is 10.3 Å². The lowest BCUT2D eigenvalue weighted by Gasteiger charge is -2.07. The van der Waals surface area contributed by atoms with Gasteiger partial charge in [-0.3, -0.25) is 0 Å². The van der Waals surface area contributed by atoms with Gasteiger partial charge >= 0.3 is 0 Å². The average molecular weight is 244 g/mol. The fourth-order valence-corrected chi connectivity index (χ4v) is 2.47. The van der Waals surface area contributed by atoms with E-state index in [0.717, 1.165) is 13.0 Å². The molecule has 0 fully saturated rings. The van der Waals surface area contributed by atoms with Crippen molar-refractivity contribution in [2.75, 3.05) is 6.54 Å². The number of aromatic nitrogens is 1. The Hall–Kier alpha value is -1.28. The smallest absolute Gasteiger partial charge is 0.0459 e. The van der Waals surface area contributed by atoms with Crippen LogP contribution < -0.4 is 5.32 Å². The zero-order chi connectivity index (χ0) is 13.1. The minimum absolute atomic E-state index is 0.580. The van der Waals surface area contributed by atoms with Crippen LogP contribution in [-0.2, 0) is 6.42 Å². The maximum Gasteiger partial charge on any atom is 0.0459 e. The first-order valence-corrected chi connectivity index (χ1v) is 6.89. The van der Waals surface area contributed by atoms with Crippen LogP contribution in [0.25, 0.3) is 10.9 Å². The normalized spacial score (nSPS) is 11.6. The molecule has 0 unspecified atom stereocenters. The van der Waals surface area contributed by atoms with E-state index < -0.39 is 0 Å². The van der Waals surface area contributed by atoms with Crippen LogP contribution in [0.2, 0.25) is 0 Å². The molecular weight excluding hydrogens is 220 g/mol. The first-order valence-electron chi connectivity index (χ1n) is 6.89. The predicted molar refractivity (Wildman–Crippen MR) is 79.2 cm³/mol. The second-order valence-corrected chi connectivity index (χ2v) is 5.49. The number of aromatic amines is 1. The van der Waals surface area contributed by atoms with E-state index in [9.17, 15) is 0 Å². The molecular formula is C16H24N2. The molecule has 98 valence electrons. The molecule has 2 nitrogen and oxygen atoms in total. The van der Waals surface area contributed by atoms with Crippen molar-refractivity contribution in [3.05, 3.63) is 35.0 Å². The largest absolute Gasteiger partial charge is 0.358 e. The van der Waals surface area contributed by atoms with Gasteiger partial charge in [0.05, 0.1) is 0 Å². The monoisotopic (exact) mass is 244 g/mol. The van der Waals surface area contributed by atoms with Gasteiger partial charge in [0.25, 0.3) is 0 Å². The summed E-state index contributed by atoms with van der Waals surface area (Å²) in [5.74, 6) is 0. The third-order valence-electron chi connectivity index (χ3n) is 3.43. The number of fused-ring (bicyclic) bond motifs is 1. The van der Waals surface area contributed by atoms with Crippen molar-refractivity contribution in [2.45, 2.75) is 46.6 Å². The number of rotatable bonds is 5. The summed E-state index contributed by atoms with van der Waals surface area (Å²) in [6.07, 6.45) is 2.34. The maximum atomic E-state index is 3.48. The molecule has 2 rings (SSSR count). The summed E-state index contributed by atoms with van der Waals surface area (Å²) in [6.45, 7) is 9.82. The molecule has 1 heterocycles. The molecule has 2 N–H and O–H groups in total. The zero-order valence-electron chi connectivity index (χ0n) is 11.9. The molecule has 1 aromatic heterocycles. The van der Waals surface area contributed by atoms with E-state index in [0.29, 0.717) is 6.04 Å². The van der Waals surface area contributed by atoms with Gasteiger partial charge in [0.2, 0.25) is 0 Å². The van der Waals surface area contributed by atoms with Crippen molar-refractivity contribution in [3.63, 3.8) is 0 Å². The molecule has 0 spiro atoms. The summed E-state index contributed by atoms with van der Waals surface area (Å²) in [4.78, 5) is 3.48. The highest BCUT2D eigenvalue weighted by Crippen LogP contribution is 2.24. The van der Waals surface area contributed by atoms with Gasteiger partial charge in [-0.25, -0.2) is 0 Å². The fraction of sp³-hybridized carbons (Fsp3) is 0.500.